The number of hydrogen-bond acceptors (Lipinski definition) is 7. The van der Waals surface area contributed by atoms with Crippen molar-refractivity contribution in [2.24, 2.45) is 4.99 Å². The first-order chi connectivity index (χ1) is 18.5. The maximum atomic E-state index is 8.28. The molecule has 0 spiro atoms. The first kappa shape index (κ1) is 34.4. The lowest BCUT2D eigenvalue weighted by Gasteiger charge is -2.44. The van der Waals surface area contributed by atoms with Crippen molar-refractivity contribution < 1.29 is 9.47 Å². The first-order valence-electron chi connectivity index (χ1n) is 13.4. The predicted octanol–water partition coefficient (Wildman–Crippen LogP) is 4.69. The van der Waals surface area contributed by atoms with Crippen molar-refractivity contribution in [1.29, 1.82) is 10.8 Å². The van der Waals surface area contributed by atoms with Gasteiger partial charge >= 0.3 is 0 Å². The molecule has 0 bridgehead atoms. The van der Waals surface area contributed by atoms with Gasteiger partial charge in [0.15, 0.2) is 11.5 Å². The maximum absolute atomic E-state index is 8.28. The SMILES string of the molecule is C=CNC(S)C1CCCC(CN(C)CCc2ccc3c(c2)OCCO3)N1/C=N/C(=N)N(C=N)/C=C\C.CC.S. The highest BCUT2D eigenvalue weighted by molar-refractivity contribution is 7.81. The molecule has 39 heavy (non-hydrogen) atoms. The molecule has 0 aliphatic carbocycles. The van der Waals surface area contributed by atoms with Crippen molar-refractivity contribution in [2.45, 2.75) is 63.9 Å². The molecule has 0 aromatic heterocycles. The quantitative estimate of drug-likeness (QED) is 0.132. The second-order valence-electron chi connectivity index (χ2n) is 8.99. The number of guanidine groups is 1. The summed E-state index contributed by atoms with van der Waals surface area (Å²) in [5.41, 5.74) is 1.22. The lowest BCUT2D eigenvalue weighted by Crippen LogP contribution is -2.55. The third kappa shape index (κ3) is 10.5. The van der Waals surface area contributed by atoms with Crippen LogP contribution in [0, 0.1) is 10.8 Å². The zero-order valence-electron chi connectivity index (χ0n) is 23.8. The molecule has 2 aliphatic heterocycles. The molecule has 3 unspecified atom stereocenters. The van der Waals surface area contributed by atoms with Crippen molar-refractivity contribution in [3.63, 3.8) is 0 Å². The van der Waals surface area contributed by atoms with Crippen LogP contribution in [0.25, 0.3) is 0 Å². The molecule has 1 aromatic rings. The van der Waals surface area contributed by atoms with Crippen LogP contribution in [0.15, 0.2) is 48.2 Å². The molecule has 1 fully saturated rings. The summed E-state index contributed by atoms with van der Waals surface area (Å²) in [5, 5.41) is 18.9. The molecule has 1 saturated heterocycles. The van der Waals surface area contributed by atoms with E-state index in [0.29, 0.717) is 13.2 Å². The molecule has 1 aromatic carbocycles. The van der Waals surface area contributed by atoms with Gasteiger partial charge < -0.3 is 24.6 Å². The average molecular weight is 578 g/mol. The standard InChI is InChI=1S/C26H39N7O2S.C2H6.H2S/c1-4-12-32(18-27)26(28)30-19-33-21(7-6-8-22(33)25(36)29-5-2)17-31(3)13-11-20-9-10-23-24(16-20)35-15-14-34-23;1-2;/h4-5,9-10,12,16,18-19,21-22,25,27-29,36H,2,6-8,11,13-15,17H2,1,3H3;1-2H3;1H2/b12-4-,27-18?,28-26?,30-19+;;. The maximum Gasteiger partial charge on any atom is 0.228 e. The summed E-state index contributed by atoms with van der Waals surface area (Å²) in [5.74, 6) is 1.64. The van der Waals surface area contributed by atoms with Crippen molar-refractivity contribution in [1.82, 2.24) is 20.0 Å². The Labute approximate surface area is 247 Å². The van der Waals surface area contributed by atoms with Gasteiger partial charge in [-0.25, -0.2) is 4.99 Å². The topological polar surface area (TPSA) is 100 Å². The number of hydrogen-bond donors (Lipinski definition) is 4. The number of benzene rings is 1. The van der Waals surface area contributed by atoms with Crippen molar-refractivity contribution >= 4 is 44.8 Å². The lowest BCUT2D eigenvalue weighted by molar-refractivity contribution is 0.130. The van der Waals surface area contributed by atoms with Crippen molar-refractivity contribution in [2.75, 3.05) is 33.4 Å². The summed E-state index contributed by atoms with van der Waals surface area (Å²) >= 11 is 4.78. The Kier molecular flexibility index (Phi) is 16.4. The van der Waals surface area contributed by atoms with E-state index >= 15 is 0 Å². The number of likely N-dealkylation sites (tertiary alicyclic amines) is 1. The van der Waals surface area contributed by atoms with Crippen LogP contribution in [0.4, 0.5) is 0 Å². The van der Waals surface area contributed by atoms with Gasteiger partial charge in [-0.05, 0) is 63.6 Å². The van der Waals surface area contributed by atoms with E-state index in [0.717, 1.165) is 56.6 Å². The number of thiol groups is 1. The Morgan fingerprint density at radius 1 is 1.28 bits per heavy atom. The normalized spacial score (nSPS) is 19.1. The fraction of sp³-hybridized carbons (Fsp3) is 0.536. The molecular formula is C28H47N7O2S2. The number of nitrogens with zero attached hydrogens (tertiary/aromatic N) is 4. The molecular weight excluding hydrogens is 530 g/mol. The second-order valence-corrected chi connectivity index (χ2v) is 9.55. The minimum Gasteiger partial charge on any atom is -0.486 e. The third-order valence-electron chi connectivity index (χ3n) is 6.41. The van der Waals surface area contributed by atoms with Crippen LogP contribution >= 0.6 is 26.1 Å². The zero-order valence-corrected chi connectivity index (χ0v) is 25.7. The Balaban J connectivity index is 0.00000248. The van der Waals surface area contributed by atoms with E-state index < -0.39 is 0 Å². The van der Waals surface area contributed by atoms with Gasteiger partial charge in [0.25, 0.3) is 0 Å². The second kappa shape index (κ2) is 18.6. The number of aliphatic imine (C=N–C) groups is 1. The molecule has 0 saturated carbocycles. The Hall–Kier alpha value is -2.63. The van der Waals surface area contributed by atoms with Crippen LogP contribution in [0.5, 0.6) is 11.5 Å². The van der Waals surface area contributed by atoms with E-state index in [-0.39, 0.29) is 36.9 Å². The minimum atomic E-state index is -0.108. The molecule has 3 N–H and O–H groups in total. The van der Waals surface area contributed by atoms with Gasteiger partial charge in [0, 0.05) is 25.3 Å². The summed E-state index contributed by atoms with van der Waals surface area (Å²) in [6.07, 6.45) is 11.9. The predicted molar refractivity (Wildman–Crippen MR) is 171 cm³/mol. The van der Waals surface area contributed by atoms with E-state index in [1.54, 1.807) is 24.8 Å². The van der Waals surface area contributed by atoms with Gasteiger partial charge in [0.1, 0.15) is 13.2 Å². The van der Waals surface area contributed by atoms with Gasteiger partial charge in [0.05, 0.1) is 24.1 Å². The third-order valence-corrected chi connectivity index (χ3v) is 6.91. The molecule has 2 aliphatic rings. The smallest absolute Gasteiger partial charge is 0.228 e. The van der Waals surface area contributed by atoms with Crippen LogP contribution in [-0.2, 0) is 6.42 Å². The molecule has 11 heteroatoms. The Morgan fingerprint density at radius 3 is 2.67 bits per heavy atom. The summed E-state index contributed by atoms with van der Waals surface area (Å²) in [6, 6.07) is 6.50. The molecule has 3 rings (SSSR count). The van der Waals surface area contributed by atoms with Gasteiger partial charge in [-0.2, -0.15) is 26.1 Å². The van der Waals surface area contributed by atoms with Crippen LogP contribution < -0.4 is 14.8 Å². The number of likely N-dealkylation sites (N-methyl/N-ethyl adjacent to an activating group) is 1. The minimum absolute atomic E-state index is 0. The van der Waals surface area contributed by atoms with Gasteiger partial charge in [-0.3, -0.25) is 15.7 Å². The fourth-order valence-corrected chi connectivity index (χ4v) is 5.00. The number of fused-ring (bicyclic) bond motifs is 1. The average Bonchev–Trinajstić information content (AvgIpc) is 2.94. The van der Waals surface area contributed by atoms with E-state index in [4.69, 9.17) is 32.9 Å². The molecule has 9 nitrogen and oxygen atoms in total. The van der Waals surface area contributed by atoms with Gasteiger partial charge in [-0.15, -0.1) is 0 Å². The van der Waals surface area contributed by atoms with Crippen molar-refractivity contribution in [3.8, 4) is 11.5 Å². The van der Waals surface area contributed by atoms with Crippen LogP contribution in [0.2, 0.25) is 0 Å². The van der Waals surface area contributed by atoms with Gasteiger partial charge in [0.2, 0.25) is 5.96 Å². The Bertz CT molecular complexity index is 960. The summed E-state index contributed by atoms with van der Waals surface area (Å²) in [4.78, 5) is 10.3. The molecule has 0 amide bonds. The summed E-state index contributed by atoms with van der Waals surface area (Å²) in [6.45, 7) is 12.6. The Morgan fingerprint density at radius 2 is 2.00 bits per heavy atom. The molecule has 218 valence electrons. The highest BCUT2D eigenvalue weighted by Crippen LogP contribution is 2.31. The number of rotatable bonds is 11. The molecule has 3 atom stereocenters. The number of nitrogens with one attached hydrogen (secondary N) is 3. The monoisotopic (exact) mass is 577 g/mol. The fourth-order valence-electron chi connectivity index (χ4n) is 4.59. The van der Waals surface area contributed by atoms with Crippen molar-refractivity contribution in [3.05, 3.63) is 48.8 Å². The highest BCUT2D eigenvalue weighted by Gasteiger charge is 2.33. The first-order valence-corrected chi connectivity index (χ1v) is 13.9. The largest absolute Gasteiger partial charge is 0.486 e. The van der Waals surface area contributed by atoms with Gasteiger partial charge in [-0.1, -0.05) is 32.6 Å². The van der Waals surface area contributed by atoms with E-state index in [9.17, 15) is 0 Å². The number of piperidine rings is 1. The van der Waals surface area contributed by atoms with Crippen LogP contribution in [0.3, 0.4) is 0 Å². The van der Waals surface area contributed by atoms with Crippen LogP contribution in [0.1, 0.15) is 45.6 Å². The summed E-state index contributed by atoms with van der Waals surface area (Å²) in [7, 11) is 2.14. The van der Waals surface area contributed by atoms with E-state index in [1.807, 2.05) is 26.8 Å². The summed E-state index contributed by atoms with van der Waals surface area (Å²) < 4.78 is 11.4. The molecule has 0 radical (unpaired) electrons. The number of ether oxygens (including phenoxy) is 2. The lowest BCUT2D eigenvalue weighted by atomic mass is 9.95. The number of allylic oxidation sites excluding steroid dienone is 1. The zero-order chi connectivity index (χ0) is 27.9. The highest BCUT2D eigenvalue weighted by atomic mass is 32.1. The van der Waals surface area contributed by atoms with Crippen LogP contribution in [-0.4, -0.2) is 84.1 Å². The van der Waals surface area contributed by atoms with E-state index in [1.165, 1.54) is 10.5 Å². The molecule has 2 heterocycles. The van der Waals surface area contributed by atoms with E-state index in [2.05, 4.69) is 45.9 Å².